The number of aliphatic hydroxyl groups is 3. The number of hydrazine groups is 1. The van der Waals surface area contributed by atoms with Gasteiger partial charge in [0.2, 0.25) is 0 Å². The molecular weight excluding hydrogens is 473 g/mol. The van der Waals surface area contributed by atoms with Crippen LogP contribution in [0.25, 0.3) is 5.70 Å². The van der Waals surface area contributed by atoms with Crippen LogP contribution in [-0.2, 0) is 4.74 Å². The first-order valence-electron chi connectivity index (χ1n) is 9.17. The molecule has 32 heavy (non-hydrogen) atoms. The monoisotopic (exact) mass is 492 g/mol. The van der Waals surface area contributed by atoms with E-state index in [1.54, 1.807) is 6.07 Å². The van der Waals surface area contributed by atoms with Crippen molar-refractivity contribution in [1.82, 2.24) is 9.99 Å². The number of aliphatic hydroxyl groups excluding tert-OH is 3. The number of rotatable bonds is 6. The van der Waals surface area contributed by atoms with Gasteiger partial charge in [0.05, 0.1) is 17.3 Å². The average Bonchev–Trinajstić information content (AvgIpc) is 2.73. The van der Waals surface area contributed by atoms with Crippen LogP contribution in [0.2, 0.25) is 5.02 Å². The normalized spacial score (nSPS) is 26.2. The second-order valence-corrected chi connectivity index (χ2v) is 8.55. The highest BCUT2D eigenvalue weighted by atomic mass is 35.5. The van der Waals surface area contributed by atoms with Crippen LogP contribution in [0, 0.1) is 17.5 Å². The molecule has 13 heteroatoms. The van der Waals surface area contributed by atoms with E-state index in [1.807, 2.05) is 0 Å². The summed E-state index contributed by atoms with van der Waals surface area (Å²) < 4.78 is 45.8. The second kappa shape index (κ2) is 10.3. The summed E-state index contributed by atoms with van der Waals surface area (Å²) in [6, 6.07) is 1.70. The summed E-state index contributed by atoms with van der Waals surface area (Å²) in [4.78, 5) is 4.48. The van der Waals surface area contributed by atoms with Gasteiger partial charge in [0.25, 0.3) is 0 Å². The number of ether oxygens (including phenoxy) is 1. The van der Waals surface area contributed by atoms with Gasteiger partial charge in [-0.25, -0.2) is 19.0 Å². The van der Waals surface area contributed by atoms with Gasteiger partial charge in [-0.3, -0.25) is 4.98 Å². The fourth-order valence-corrected chi connectivity index (χ4v) is 4.47. The largest absolute Gasteiger partial charge is 0.397 e. The Bertz CT molecular complexity index is 982. The van der Waals surface area contributed by atoms with E-state index in [0.29, 0.717) is 22.1 Å². The Morgan fingerprint density at radius 3 is 2.44 bits per heavy atom. The van der Waals surface area contributed by atoms with E-state index in [0.717, 1.165) is 23.0 Å². The molecular formula is C19H20ClF3N4O4S. The number of thioether (sulfide) groups is 1. The molecule has 1 aliphatic heterocycles. The molecule has 1 saturated heterocycles. The average molecular weight is 493 g/mol. The highest BCUT2D eigenvalue weighted by molar-refractivity contribution is 7.99. The molecule has 5 unspecified atom stereocenters. The lowest BCUT2D eigenvalue weighted by Gasteiger charge is -2.45. The summed E-state index contributed by atoms with van der Waals surface area (Å²) in [5, 5.41) is 32.2. The molecule has 1 fully saturated rings. The van der Waals surface area contributed by atoms with E-state index in [2.05, 4.69) is 4.98 Å². The molecule has 1 aromatic heterocycles. The first-order valence-corrected chi connectivity index (χ1v) is 10.4. The lowest BCUT2D eigenvalue weighted by atomic mass is 9.96. The number of nitrogens with two attached hydrogens (primary N) is 2. The number of hydrogen-bond donors (Lipinski definition) is 5. The minimum Gasteiger partial charge on any atom is -0.397 e. The van der Waals surface area contributed by atoms with E-state index in [4.69, 9.17) is 27.9 Å². The molecule has 0 radical (unpaired) electrons. The van der Waals surface area contributed by atoms with Gasteiger partial charge < -0.3 is 30.8 Å². The van der Waals surface area contributed by atoms with Crippen molar-refractivity contribution < 1.29 is 33.2 Å². The molecule has 174 valence electrons. The first kappa shape index (κ1) is 24.6. The molecule has 1 aliphatic rings. The molecule has 2 heterocycles. The minimum atomic E-state index is -1.65. The Morgan fingerprint density at radius 2 is 1.84 bits per heavy atom. The van der Waals surface area contributed by atoms with Gasteiger partial charge in [-0.15, -0.1) is 0 Å². The summed E-state index contributed by atoms with van der Waals surface area (Å²) in [7, 11) is 0. The van der Waals surface area contributed by atoms with Gasteiger partial charge in [0.1, 0.15) is 29.8 Å². The molecule has 7 N–H and O–H groups in total. The Morgan fingerprint density at radius 1 is 1.19 bits per heavy atom. The zero-order chi connectivity index (χ0) is 23.6. The molecule has 0 bridgehead atoms. The van der Waals surface area contributed by atoms with Crippen LogP contribution in [0.4, 0.5) is 13.2 Å². The van der Waals surface area contributed by atoms with Crippen molar-refractivity contribution in [2.45, 2.75) is 34.7 Å². The lowest BCUT2D eigenvalue weighted by molar-refractivity contribution is -0.184. The molecule has 0 saturated carbocycles. The minimum absolute atomic E-state index is 0.206. The van der Waals surface area contributed by atoms with E-state index in [9.17, 15) is 28.5 Å². The third-order valence-electron chi connectivity index (χ3n) is 4.73. The maximum Gasteiger partial charge on any atom is 0.194 e. The van der Waals surface area contributed by atoms with E-state index >= 15 is 0 Å². The molecule has 0 amide bonds. The third kappa shape index (κ3) is 5.29. The van der Waals surface area contributed by atoms with Gasteiger partial charge in [0.15, 0.2) is 17.5 Å². The number of benzene rings is 1. The Kier molecular flexibility index (Phi) is 7.88. The van der Waals surface area contributed by atoms with E-state index in [1.165, 1.54) is 12.4 Å². The maximum absolute atomic E-state index is 13.5. The highest BCUT2D eigenvalue weighted by Crippen LogP contribution is 2.35. The topological polar surface area (TPSA) is 138 Å². The van der Waals surface area contributed by atoms with Crippen LogP contribution < -0.4 is 11.6 Å². The number of nitrogens with zero attached hydrogens (tertiary/aromatic N) is 2. The highest BCUT2D eigenvalue weighted by Gasteiger charge is 2.46. The van der Waals surface area contributed by atoms with Crippen molar-refractivity contribution in [2.75, 3.05) is 6.61 Å². The number of pyridine rings is 1. The van der Waals surface area contributed by atoms with Crippen LogP contribution >= 0.6 is 23.4 Å². The summed E-state index contributed by atoms with van der Waals surface area (Å²) in [6.07, 6.45) is -0.0624. The summed E-state index contributed by atoms with van der Waals surface area (Å²) in [6.45, 7) is -0.587. The molecule has 0 aliphatic carbocycles. The van der Waals surface area contributed by atoms with Gasteiger partial charge in [-0.05, 0) is 18.2 Å². The zero-order valence-electron chi connectivity index (χ0n) is 16.3. The van der Waals surface area contributed by atoms with Crippen LogP contribution in [0.1, 0.15) is 5.56 Å². The first-order chi connectivity index (χ1) is 15.1. The fourth-order valence-electron chi connectivity index (χ4n) is 3.15. The number of aromatic nitrogens is 1. The molecule has 1 aromatic carbocycles. The second-order valence-electron chi connectivity index (χ2n) is 6.94. The summed E-state index contributed by atoms with van der Waals surface area (Å²) in [5.74, 6) is 1.44. The maximum atomic E-state index is 13.5. The van der Waals surface area contributed by atoms with Gasteiger partial charge >= 0.3 is 0 Å². The van der Waals surface area contributed by atoms with Gasteiger partial charge in [-0.1, -0.05) is 23.4 Å². The van der Waals surface area contributed by atoms with Crippen LogP contribution in [0.15, 0.2) is 41.7 Å². The van der Waals surface area contributed by atoms with Gasteiger partial charge in [0, 0.05) is 29.1 Å². The molecule has 0 spiro atoms. The van der Waals surface area contributed by atoms with Gasteiger partial charge in [-0.2, -0.15) is 0 Å². The van der Waals surface area contributed by atoms with Crippen LogP contribution in [0.5, 0.6) is 0 Å². The van der Waals surface area contributed by atoms with Crippen molar-refractivity contribution in [1.29, 1.82) is 0 Å². The summed E-state index contributed by atoms with van der Waals surface area (Å²) in [5.41, 5.74) is 4.37. The quantitative estimate of drug-likeness (QED) is 0.228. The van der Waals surface area contributed by atoms with Crippen molar-refractivity contribution >= 4 is 29.1 Å². The molecule has 5 atom stereocenters. The van der Waals surface area contributed by atoms with Crippen LogP contribution in [0.3, 0.4) is 0 Å². The Labute approximate surface area is 190 Å². The predicted molar refractivity (Wildman–Crippen MR) is 111 cm³/mol. The smallest absolute Gasteiger partial charge is 0.194 e. The van der Waals surface area contributed by atoms with Crippen LogP contribution in [-0.4, -0.2) is 61.7 Å². The van der Waals surface area contributed by atoms with E-state index < -0.39 is 53.8 Å². The number of halogens is 4. The Balaban J connectivity index is 1.86. The predicted octanol–water partition coefficient (Wildman–Crippen LogP) is 1.19. The lowest BCUT2D eigenvalue weighted by Crippen LogP contribution is -2.64. The molecule has 8 nitrogen and oxygen atoms in total. The Hall–Kier alpha value is -2.06. The standard InChI is InChI=1S/C19H20ClF3N4O4S/c20-9-3-10(5-26-4-9)32-19-18(30)16(17(29)14(7-28)31-19)27(25)6-13(24)8-1-11(21)15(23)12(22)2-8/h1-6,14,16-19,28-30H,7,24-25H2/b13-6-. The van der Waals surface area contributed by atoms with Crippen molar-refractivity contribution in [3.05, 3.63) is 64.8 Å². The fraction of sp³-hybridized carbons (Fsp3) is 0.316. The van der Waals surface area contributed by atoms with E-state index in [-0.39, 0.29) is 11.3 Å². The summed E-state index contributed by atoms with van der Waals surface area (Å²) >= 11 is 6.95. The van der Waals surface area contributed by atoms with Crippen molar-refractivity contribution in [2.24, 2.45) is 11.6 Å². The zero-order valence-corrected chi connectivity index (χ0v) is 17.8. The van der Waals surface area contributed by atoms with Crippen molar-refractivity contribution in [3.8, 4) is 0 Å². The molecule has 2 aromatic rings. The van der Waals surface area contributed by atoms with Crippen molar-refractivity contribution in [3.63, 3.8) is 0 Å². The number of hydrogen-bond acceptors (Lipinski definition) is 9. The SMILES string of the molecule is N/C(=C\N(N)C1C(O)C(CO)OC(Sc2cncc(Cl)c2)C1O)c1cc(F)c(F)c(F)c1. The third-order valence-corrected chi connectivity index (χ3v) is 6.05. The molecule has 3 rings (SSSR count).